The zero-order valence-electron chi connectivity index (χ0n) is 12.6. The lowest BCUT2D eigenvalue weighted by Gasteiger charge is -2.07. The van der Waals surface area contributed by atoms with Gasteiger partial charge in [-0.05, 0) is 30.3 Å². The lowest BCUT2D eigenvalue weighted by Crippen LogP contribution is -2.19. The van der Waals surface area contributed by atoms with Crippen molar-refractivity contribution in [2.45, 2.75) is 0 Å². The quantitative estimate of drug-likeness (QED) is 0.784. The van der Waals surface area contributed by atoms with E-state index < -0.39 is 0 Å². The van der Waals surface area contributed by atoms with Crippen molar-refractivity contribution >= 4 is 17.2 Å². The summed E-state index contributed by atoms with van der Waals surface area (Å²) in [5.74, 6) is 0.283. The summed E-state index contributed by atoms with van der Waals surface area (Å²) in [6.07, 6.45) is 3.38. The maximum absolute atomic E-state index is 13.8. The minimum absolute atomic E-state index is 0.330. The second-order valence-electron chi connectivity index (χ2n) is 5.30. The van der Waals surface area contributed by atoms with E-state index in [-0.39, 0.29) is 5.82 Å². The number of aliphatic imine (C=N–C) groups is 1. The number of aromatic nitrogens is 1. The molecule has 3 aromatic rings. The predicted molar refractivity (Wildman–Crippen MR) is 92.1 cm³/mol. The summed E-state index contributed by atoms with van der Waals surface area (Å²) in [7, 11) is 0. The van der Waals surface area contributed by atoms with Gasteiger partial charge in [-0.25, -0.2) is 9.38 Å². The standard InChI is InChI=1S/C19H13FN4/c20-15-8-9-17-16(11-15)18(14-7-4-10-21-12-14)23-24-19(22-17)13-5-2-1-3-6-13/h1-12H,(H,22,24). The Hall–Kier alpha value is -3.34. The largest absolute Gasteiger partial charge is 0.264 e. The van der Waals surface area contributed by atoms with Gasteiger partial charge in [0, 0.05) is 29.1 Å². The van der Waals surface area contributed by atoms with Gasteiger partial charge in [0.15, 0.2) is 5.84 Å². The topological polar surface area (TPSA) is 49.6 Å². The summed E-state index contributed by atoms with van der Waals surface area (Å²) in [5, 5.41) is 4.46. The Morgan fingerprint density at radius 1 is 0.875 bits per heavy atom. The van der Waals surface area contributed by atoms with Crippen LogP contribution in [0.15, 0.2) is 83.2 Å². The molecule has 0 unspecified atom stereocenters. The van der Waals surface area contributed by atoms with Crippen LogP contribution in [0.5, 0.6) is 0 Å². The second kappa shape index (κ2) is 6.04. The van der Waals surface area contributed by atoms with Crippen LogP contribution in [-0.2, 0) is 0 Å². The Bertz CT molecular complexity index is 934. The predicted octanol–water partition coefficient (Wildman–Crippen LogP) is 3.65. The van der Waals surface area contributed by atoms with Crippen molar-refractivity contribution in [3.05, 3.63) is 95.6 Å². The summed E-state index contributed by atoms with van der Waals surface area (Å²) >= 11 is 0. The molecular formula is C19H13FN4. The van der Waals surface area contributed by atoms with E-state index in [0.29, 0.717) is 22.8 Å². The maximum Gasteiger partial charge on any atom is 0.154 e. The van der Waals surface area contributed by atoms with Gasteiger partial charge in [-0.3, -0.25) is 10.4 Å². The van der Waals surface area contributed by atoms with Crippen molar-refractivity contribution in [2.24, 2.45) is 10.1 Å². The van der Waals surface area contributed by atoms with Gasteiger partial charge in [0.2, 0.25) is 0 Å². The molecule has 5 heteroatoms. The Balaban J connectivity index is 1.89. The van der Waals surface area contributed by atoms with Crippen molar-refractivity contribution in [3.63, 3.8) is 0 Å². The van der Waals surface area contributed by atoms with E-state index in [0.717, 1.165) is 11.1 Å². The molecular weight excluding hydrogens is 303 g/mol. The highest BCUT2D eigenvalue weighted by atomic mass is 19.1. The molecule has 0 atom stereocenters. The van der Waals surface area contributed by atoms with E-state index >= 15 is 0 Å². The number of halogens is 1. The monoisotopic (exact) mass is 316 g/mol. The molecule has 0 saturated heterocycles. The van der Waals surface area contributed by atoms with Gasteiger partial charge in [-0.2, -0.15) is 5.10 Å². The molecule has 0 spiro atoms. The number of nitrogens with one attached hydrogen (secondary N) is 1. The molecule has 1 aliphatic rings. The molecule has 0 fully saturated rings. The van der Waals surface area contributed by atoms with Gasteiger partial charge in [0.05, 0.1) is 5.69 Å². The normalized spacial score (nSPS) is 13.2. The molecule has 116 valence electrons. The van der Waals surface area contributed by atoms with Gasteiger partial charge < -0.3 is 0 Å². The first-order chi connectivity index (χ1) is 11.8. The van der Waals surface area contributed by atoms with Gasteiger partial charge in [0.1, 0.15) is 11.5 Å². The molecule has 1 N–H and O–H groups in total. The van der Waals surface area contributed by atoms with Crippen molar-refractivity contribution in [1.82, 2.24) is 10.4 Å². The first-order valence-corrected chi connectivity index (χ1v) is 7.49. The van der Waals surface area contributed by atoms with Crippen LogP contribution in [0.1, 0.15) is 16.7 Å². The molecule has 0 saturated carbocycles. The van der Waals surface area contributed by atoms with Gasteiger partial charge in [-0.15, -0.1) is 0 Å². The van der Waals surface area contributed by atoms with Gasteiger partial charge >= 0.3 is 0 Å². The fraction of sp³-hybridized carbons (Fsp3) is 0. The van der Waals surface area contributed by atoms with Crippen LogP contribution in [0, 0.1) is 5.82 Å². The fourth-order valence-corrected chi connectivity index (χ4v) is 2.56. The summed E-state index contributed by atoms with van der Waals surface area (Å²) in [5.41, 5.74) is 6.59. The number of fused-ring (bicyclic) bond motifs is 1. The van der Waals surface area contributed by atoms with E-state index in [2.05, 4.69) is 20.5 Å². The minimum atomic E-state index is -0.330. The number of amidine groups is 1. The van der Waals surface area contributed by atoms with Crippen LogP contribution in [0.2, 0.25) is 0 Å². The molecule has 1 aromatic heterocycles. The van der Waals surface area contributed by atoms with Crippen molar-refractivity contribution < 1.29 is 4.39 Å². The summed E-state index contributed by atoms with van der Waals surface area (Å²) < 4.78 is 13.8. The van der Waals surface area contributed by atoms with E-state index in [4.69, 9.17) is 0 Å². The fourth-order valence-electron chi connectivity index (χ4n) is 2.56. The summed E-state index contributed by atoms with van der Waals surface area (Å²) in [6.45, 7) is 0. The number of benzene rings is 2. The van der Waals surface area contributed by atoms with E-state index in [9.17, 15) is 4.39 Å². The lowest BCUT2D eigenvalue weighted by atomic mass is 10.0. The smallest absolute Gasteiger partial charge is 0.154 e. The van der Waals surface area contributed by atoms with Crippen molar-refractivity contribution in [1.29, 1.82) is 0 Å². The van der Waals surface area contributed by atoms with Gasteiger partial charge in [-0.1, -0.05) is 30.3 Å². The third-order valence-electron chi connectivity index (χ3n) is 3.70. The van der Waals surface area contributed by atoms with E-state index in [1.54, 1.807) is 18.5 Å². The lowest BCUT2D eigenvalue weighted by molar-refractivity contribution is 0.627. The molecule has 4 rings (SSSR count). The highest BCUT2D eigenvalue weighted by Crippen LogP contribution is 2.26. The Morgan fingerprint density at radius 3 is 2.50 bits per heavy atom. The number of rotatable bonds is 2. The Morgan fingerprint density at radius 2 is 1.71 bits per heavy atom. The molecule has 0 aliphatic carbocycles. The minimum Gasteiger partial charge on any atom is -0.264 e. The molecule has 2 aromatic carbocycles. The zero-order valence-corrected chi connectivity index (χ0v) is 12.6. The molecule has 4 nitrogen and oxygen atoms in total. The van der Waals surface area contributed by atoms with Gasteiger partial charge in [0.25, 0.3) is 0 Å². The van der Waals surface area contributed by atoms with Crippen LogP contribution in [0.25, 0.3) is 0 Å². The first kappa shape index (κ1) is 14.3. The summed E-state index contributed by atoms with van der Waals surface area (Å²) in [6, 6.07) is 17.9. The second-order valence-corrected chi connectivity index (χ2v) is 5.30. The molecule has 0 radical (unpaired) electrons. The molecule has 1 aliphatic heterocycles. The zero-order chi connectivity index (χ0) is 16.4. The molecule has 0 amide bonds. The average Bonchev–Trinajstić information content (AvgIpc) is 2.82. The number of nitrogens with zero attached hydrogens (tertiary/aromatic N) is 3. The van der Waals surface area contributed by atoms with Crippen LogP contribution >= 0.6 is 0 Å². The van der Waals surface area contributed by atoms with Crippen LogP contribution in [-0.4, -0.2) is 16.5 Å². The number of hydrogen-bond donors (Lipinski definition) is 1. The molecule has 2 heterocycles. The van der Waals surface area contributed by atoms with Crippen LogP contribution < -0.4 is 5.43 Å². The first-order valence-electron chi connectivity index (χ1n) is 7.49. The third kappa shape index (κ3) is 2.67. The van der Waals surface area contributed by atoms with Crippen molar-refractivity contribution in [2.75, 3.05) is 0 Å². The van der Waals surface area contributed by atoms with E-state index in [1.807, 2.05) is 42.5 Å². The average molecular weight is 316 g/mol. The molecule has 0 bridgehead atoms. The molecule has 24 heavy (non-hydrogen) atoms. The van der Waals surface area contributed by atoms with Crippen LogP contribution in [0.4, 0.5) is 10.1 Å². The van der Waals surface area contributed by atoms with Crippen LogP contribution in [0.3, 0.4) is 0 Å². The number of pyridine rings is 1. The highest BCUT2D eigenvalue weighted by Gasteiger charge is 2.17. The summed E-state index contributed by atoms with van der Waals surface area (Å²) in [4.78, 5) is 8.75. The third-order valence-corrected chi connectivity index (χ3v) is 3.70. The maximum atomic E-state index is 13.8. The van der Waals surface area contributed by atoms with E-state index in [1.165, 1.54) is 12.1 Å². The number of hydrogen-bond acceptors (Lipinski definition) is 4. The highest BCUT2D eigenvalue weighted by molar-refractivity contribution is 6.17. The SMILES string of the molecule is Fc1ccc2c(c1)C(c1cccnc1)=NNC(c1ccccc1)=N2. The Kier molecular flexibility index (Phi) is 3.59. The Labute approximate surface area is 138 Å². The number of hydrazone groups is 1. The van der Waals surface area contributed by atoms with Crippen molar-refractivity contribution in [3.8, 4) is 0 Å².